The van der Waals surface area contributed by atoms with E-state index in [9.17, 15) is 14.7 Å². The summed E-state index contributed by atoms with van der Waals surface area (Å²) in [7, 11) is 0. The quantitative estimate of drug-likeness (QED) is 0.843. The molecule has 1 unspecified atom stereocenters. The summed E-state index contributed by atoms with van der Waals surface area (Å²) in [4.78, 5) is 26.5. The van der Waals surface area contributed by atoms with Crippen LogP contribution in [0.4, 0.5) is 5.00 Å². The number of nitrogens with one attached hydrogen (secondary N) is 1. The molecule has 122 valence electrons. The summed E-state index contributed by atoms with van der Waals surface area (Å²) in [5.41, 5.74) is 2.13. The van der Waals surface area contributed by atoms with Gasteiger partial charge < -0.3 is 10.4 Å². The molecule has 1 atom stereocenters. The molecule has 2 N–H and O–H groups in total. The van der Waals surface area contributed by atoms with Gasteiger partial charge in [0.2, 0.25) is 5.91 Å². The number of carbonyl (C=O) groups excluding carboxylic acids is 1. The second-order valence-electron chi connectivity index (χ2n) is 5.29. The molecular formula is C16H17NO3S3. The minimum atomic E-state index is -0.978. The Morgan fingerprint density at radius 3 is 2.91 bits per heavy atom. The summed E-state index contributed by atoms with van der Waals surface area (Å²) < 4.78 is 0. The van der Waals surface area contributed by atoms with Crippen LogP contribution in [0, 0.1) is 6.92 Å². The normalized spacial score (nSPS) is 16.9. The van der Waals surface area contributed by atoms with E-state index in [2.05, 4.69) is 5.32 Å². The van der Waals surface area contributed by atoms with Gasteiger partial charge in [0.25, 0.3) is 0 Å². The molecule has 0 aromatic carbocycles. The van der Waals surface area contributed by atoms with Crippen LogP contribution in [-0.2, 0) is 17.6 Å². The van der Waals surface area contributed by atoms with Crippen molar-refractivity contribution in [2.75, 3.05) is 11.1 Å². The zero-order valence-corrected chi connectivity index (χ0v) is 15.3. The smallest absolute Gasteiger partial charge is 0.339 e. The third-order valence-electron chi connectivity index (χ3n) is 3.93. The molecule has 2 aromatic rings. The Labute approximate surface area is 146 Å². The third-order valence-corrected chi connectivity index (χ3v) is 7.23. The second-order valence-corrected chi connectivity index (χ2v) is 8.73. The van der Waals surface area contributed by atoms with Crippen LogP contribution >= 0.6 is 34.4 Å². The first-order valence-electron chi connectivity index (χ1n) is 7.37. The van der Waals surface area contributed by atoms with Gasteiger partial charge in [-0.2, -0.15) is 0 Å². The number of thiophene rings is 2. The predicted molar refractivity (Wildman–Crippen MR) is 97.2 cm³/mol. The van der Waals surface area contributed by atoms with Crippen molar-refractivity contribution in [1.29, 1.82) is 0 Å². The fraction of sp³-hybridized carbons (Fsp3) is 0.375. The highest BCUT2D eigenvalue weighted by atomic mass is 32.2. The second kappa shape index (κ2) is 6.67. The SMILES string of the molecule is CCc1c(C)sc(NC(=O)C2SCCc3sccc32)c1C(=O)O. The topological polar surface area (TPSA) is 66.4 Å². The van der Waals surface area contributed by atoms with Gasteiger partial charge >= 0.3 is 5.97 Å². The third kappa shape index (κ3) is 3.05. The Morgan fingerprint density at radius 1 is 1.43 bits per heavy atom. The molecule has 1 amide bonds. The van der Waals surface area contributed by atoms with Crippen molar-refractivity contribution in [3.63, 3.8) is 0 Å². The number of amides is 1. The molecule has 2 aromatic heterocycles. The fourth-order valence-corrected chi connectivity index (χ4v) is 6.29. The number of aryl methyl sites for hydroxylation is 2. The van der Waals surface area contributed by atoms with Gasteiger partial charge in [-0.3, -0.25) is 4.79 Å². The van der Waals surface area contributed by atoms with Gasteiger partial charge in [-0.1, -0.05) is 6.92 Å². The van der Waals surface area contributed by atoms with E-state index < -0.39 is 5.97 Å². The van der Waals surface area contributed by atoms with E-state index in [1.54, 1.807) is 23.1 Å². The van der Waals surface area contributed by atoms with E-state index in [1.165, 1.54) is 16.2 Å². The number of hydrogen-bond acceptors (Lipinski definition) is 5. The van der Waals surface area contributed by atoms with Crippen molar-refractivity contribution in [2.24, 2.45) is 0 Å². The molecule has 1 aliphatic rings. The lowest BCUT2D eigenvalue weighted by Gasteiger charge is -2.21. The minimum Gasteiger partial charge on any atom is -0.478 e. The molecule has 0 bridgehead atoms. The number of carboxylic acids is 1. The van der Waals surface area contributed by atoms with Crippen LogP contribution in [0.25, 0.3) is 0 Å². The lowest BCUT2D eigenvalue weighted by molar-refractivity contribution is -0.115. The average Bonchev–Trinajstić information content (AvgIpc) is 3.10. The van der Waals surface area contributed by atoms with Crippen LogP contribution < -0.4 is 5.32 Å². The molecule has 0 fully saturated rings. The van der Waals surface area contributed by atoms with Crippen LogP contribution in [0.3, 0.4) is 0 Å². The first-order valence-corrected chi connectivity index (χ1v) is 10.1. The summed E-state index contributed by atoms with van der Waals surface area (Å²) in [5.74, 6) is -0.184. The Balaban J connectivity index is 1.89. The predicted octanol–water partition coefficient (Wildman–Crippen LogP) is 4.35. The molecule has 1 aliphatic heterocycles. The molecule has 0 saturated heterocycles. The monoisotopic (exact) mass is 367 g/mol. The lowest BCUT2D eigenvalue weighted by Crippen LogP contribution is -2.22. The number of thioether (sulfide) groups is 1. The van der Waals surface area contributed by atoms with E-state index in [0.29, 0.717) is 11.4 Å². The molecule has 23 heavy (non-hydrogen) atoms. The van der Waals surface area contributed by atoms with Crippen molar-refractivity contribution in [3.05, 3.63) is 37.9 Å². The van der Waals surface area contributed by atoms with E-state index in [4.69, 9.17) is 0 Å². The molecular weight excluding hydrogens is 350 g/mol. The standard InChI is InChI=1S/C16H17NO3S3/c1-3-9-8(2)23-15(12(9)16(19)20)17-14(18)13-10-4-6-21-11(10)5-7-22-13/h4,6,13H,3,5,7H2,1-2H3,(H,17,18)(H,19,20). The van der Waals surface area contributed by atoms with Crippen molar-refractivity contribution in [2.45, 2.75) is 31.9 Å². The maximum Gasteiger partial charge on any atom is 0.339 e. The van der Waals surface area contributed by atoms with Gasteiger partial charge in [0, 0.05) is 9.75 Å². The molecule has 0 aliphatic carbocycles. The van der Waals surface area contributed by atoms with Gasteiger partial charge in [-0.15, -0.1) is 34.4 Å². The number of rotatable bonds is 4. The van der Waals surface area contributed by atoms with Gasteiger partial charge in [-0.25, -0.2) is 4.79 Å². The van der Waals surface area contributed by atoms with Gasteiger partial charge in [-0.05, 0) is 48.1 Å². The maximum absolute atomic E-state index is 12.7. The first kappa shape index (κ1) is 16.5. The molecule has 0 radical (unpaired) electrons. The van der Waals surface area contributed by atoms with E-state index >= 15 is 0 Å². The van der Waals surface area contributed by atoms with Gasteiger partial charge in [0.15, 0.2) is 0 Å². The molecule has 3 rings (SSSR count). The first-order chi connectivity index (χ1) is 11.0. The highest BCUT2D eigenvalue weighted by Crippen LogP contribution is 2.41. The van der Waals surface area contributed by atoms with Crippen LogP contribution in [0.1, 0.15) is 43.4 Å². The summed E-state index contributed by atoms with van der Waals surface area (Å²) in [6.45, 7) is 3.83. The summed E-state index contributed by atoms with van der Waals surface area (Å²) in [6.07, 6.45) is 1.65. The number of fused-ring (bicyclic) bond motifs is 1. The zero-order valence-electron chi connectivity index (χ0n) is 12.8. The fourth-order valence-electron chi connectivity index (χ4n) is 2.86. The lowest BCUT2D eigenvalue weighted by atomic mass is 10.1. The molecule has 4 nitrogen and oxygen atoms in total. The maximum atomic E-state index is 12.7. The Hall–Kier alpha value is -1.31. The minimum absolute atomic E-state index is 0.124. The van der Waals surface area contributed by atoms with E-state index in [1.807, 2.05) is 25.3 Å². The van der Waals surface area contributed by atoms with Gasteiger partial charge in [0.1, 0.15) is 10.3 Å². The van der Waals surface area contributed by atoms with Crippen LogP contribution in [0.15, 0.2) is 11.4 Å². The van der Waals surface area contributed by atoms with Crippen molar-refractivity contribution in [3.8, 4) is 0 Å². The Kier molecular flexibility index (Phi) is 4.79. The van der Waals surface area contributed by atoms with Crippen LogP contribution in [0.5, 0.6) is 0 Å². The van der Waals surface area contributed by atoms with Crippen molar-refractivity contribution >= 4 is 51.3 Å². The number of anilines is 1. The number of carboxylic acid groups (broad SMARTS) is 1. The summed E-state index contributed by atoms with van der Waals surface area (Å²) in [6, 6.07) is 2.01. The molecule has 7 heteroatoms. The highest BCUT2D eigenvalue weighted by molar-refractivity contribution is 8.00. The van der Waals surface area contributed by atoms with E-state index in [0.717, 1.165) is 28.2 Å². The van der Waals surface area contributed by atoms with Crippen LogP contribution in [0.2, 0.25) is 0 Å². The van der Waals surface area contributed by atoms with Gasteiger partial charge in [0.05, 0.1) is 5.56 Å². The Morgan fingerprint density at radius 2 is 2.22 bits per heavy atom. The summed E-state index contributed by atoms with van der Waals surface area (Å²) >= 11 is 4.66. The zero-order chi connectivity index (χ0) is 16.6. The molecule has 0 saturated carbocycles. The number of carbonyl (C=O) groups is 2. The number of aromatic carboxylic acids is 1. The average molecular weight is 368 g/mol. The Bertz CT molecular complexity index is 763. The van der Waals surface area contributed by atoms with Crippen LogP contribution in [-0.4, -0.2) is 22.7 Å². The van der Waals surface area contributed by atoms with E-state index in [-0.39, 0.29) is 16.7 Å². The van der Waals surface area contributed by atoms with Crippen molar-refractivity contribution in [1.82, 2.24) is 0 Å². The van der Waals surface area contributed by atoms with Crippen molar-refractivity contribution < 1.29 is 14.7 Å². The molecule has 3 heterocycles. The highest BCUT2D eigenvalue weighted by Gasteiger charge is 2.30. The summed E-state index contributed by atoms with van der Waals surface area (Å²) in [5, 5.41) is 14.6. The largest absolute Gasteiger partial charge is 0.478 e. The molecule has 0 spiro atoms. The number of hydrogen-bond donors (Lipinski definition) is 2.